The second kappa shape index (κ2) is 8.69. The molecular weight excluding hydrogens is 368 g/mol. The molecule has 1 atom stereocenters. The third-order valence-electron chi connectivity index (χ3n) is 5.13. The van der Waals surface area contributed by atoms with Crippen molar-refractivity contribution in [1.82, 2.24) is 9.97 Å². The summed E-state index contributed by atoms with van der Waals surface area (Å²) in [5.74, 6) is 1.31. The van der Waals surface area contributed by atoms with Crippen LogP contribution in [0.25, 0.3) is 11.0 Å². The van der Waals surface area contributed by atoms with Gasteiger partial charge in [0.1, 0.15) is 5.82 Å². The van der Waals surface area contributed by atoms with Crippen LogP contribution < -0.4 is 10.2 Å². The average Bonchev–Trinajstić information content (AvgIpc) is 3.18. The summed E-state index contributed by atoms with van der Waals surface area (Å²) in [6.07, 6.45) is 3.85. The van der Waals surface area contributed by atoms with Crippen LogP contribution in [0.3, 0.4) is 0 Å². The summed E-state index contributed by atoms with van der Waals surface area (Å²) in [6, 6.07) is 16.2. The molecule has 2 heterocycles. The number of hydrogen-bond donors (Lipinski definition) is 2. The van der Waals surface area contributed by atoms with E-state index in [0.29, 0.717) is 5.75 Å². The lowest BCUT2D eigenvalue weighted by Gasteiger charge is -2.28. The van der Waals surface area contributed by atoms with E-state index in [4.69, 9.17) is 0 Å². The number of nitrogens with zero attached hydrogens (tertiary/aromatic N) is 2. The fraction of sp³-hybridized carbons (Fsp3) is 0.364. The van der Waals surface area contributed by atoms with Gasteiger partial charge in [-0.25, -0.2) is 4.98 Å². The molecule has 2 N–H and O–H groups in total. The summed E-state index contributed by atoms with van der Waals surface area (Å²) in [4.78, 5) is 22.7. The number of piperidine rings is 1. The Hall–Kier alpha value is -2.47. The first-order valence-electron chi connectivity index (χ1n) is 9.90. The minimum Gasteiger partial charge on any atom is -0.372 e. The van der Waals surface area contributed by atoms with Crippen molar-refractivity contribution in [3.05, 3.63) is 54.4 Å². The Kier molecular flexibility index (Phi) is 5.86. The van der Waals surface area contributed by atoms with E-state index in [0.717, 1.165) is 35.6 Å². The van der Waals surface area contributed by atoms with Gasteiger partial charge in [-0.3, -0.25) is 4.79 Å². The van der Waals surface area contributed by atoms with E-state index in [9.17, 15) is 4.79 Å². The van der Waals surface area contributed by atoms with Crippen molar-refractivity contribution in [2.24, 2.45) is 0 Å². The number of hydrogen-bond acceptors (Lipinski definition) is 4. The Morgan fingerprint density at radius 1 is 1.14 bits per heavy atom. The van der Waals surface area contributed by atoms with Crippen LogP contribution in [0, 0.1) is 0 Å². The fourth-order valence-corrected chi connectivity index (χ4v) is 4.29. The lowest BCUT2D eigenvalue weighted by Crippen LogP contribution is -2.29. The van der Waals surface area contributed by atoms with Gasteiger partial charge < -0.3 is 15.2 Å². The van der Waals surface area contributed by atoms with Crippen LogP contribution in [0.15, 0.2) is 48.5 Å². The van der Waals surface area contributed by atoms with Crippen molar-refractivity contribution in [1.29, 1.82) is 0 Å². The first-order chi connectivity index (χ1) is 13.7. The normalized spacial score (nSPS) is 15.5. The number of thioether (sulfide) groups is 1. The maximum atomic E-state index is 12.3. The predicted octanol–water partition coefficient (Wildman–Crippen LogP) is 4.99. The van der Waals surface area contributed by atoms with E-state index in [2.05, 4.69) is 39.2 Å². The number of amides is 1. The van der Waals surface area contributed by atoms with Crippen molar-refractivity contribution in [3.63, 3.8) is 0 Å². The zero-order chi connectivity index (χ0) is 19.3. The van der Waals surface area contributed by atoms with Crippen LogP contribution in [-0.4, -0.2) is 34.7 Å². The quantitative estimate of drug-likeness (QED) is 0.619. The average molecular weight is 395 g/mol. The first-order valence-corrected chi connectivity index (χ1v) is 10.9. The third kappa shape index (κ3) is 4.50. The highest BCUT2D eigenvalue weighted by Gasteiger charge is 2.14. The number of fused-ring (bicyclic) bond motifs is 1. The molecule has 0 radical (unpaired) electrons. The topological polar surface area (TPSA) is 61.0 Å². The molecule has 0 saturated carbocycles. The van der Waals surface area contributed by atoms with Gasteiger partial charge >= 0.3 is 0 Å². The van der Waals surface area contributed by atoms with Gasteiger partial charge in [-0.05, 0) is 62.6 Å². The number of carbonyl (C=O) groups excluding carboxylic acids is 1. The van der Waals surface area contributed by atoms with Gasteiger partial charge in [-0.1, -0.05) is 12.1 Å². The number of benzene rings is 2. The van der Waals surface area contributed by atoms with Crippen molar-refractivity contribution in [3.8, 4) is 0 Å². The third-order valence-corrected chi connectivity index (χ3v) is 6.28. The molecule has 3 aromatic rings. The molecule has 1 aliphatic rings. The van der Waals surface area contributed by atoms with E-state index < -0.39 is 0 Å². The molecule has 1 aromatic heterocycles. The summed E-state index contributed by atoms with van der Waals surface area (Å²) in [7, 11) is 0. The van der Waals surface area contributed by atoms with Gasteiger partial charge in [0.2, 0.25) is 5.91 Å². The van der Waals surface area contributed by atoms with Gasteiger partial charge in [0.15, 0.2) is 0 Å². The number of imidazole rings is 1. The molecular formula is C22H26N4OS. The fourth-order valence-electron chi connectivity index (χ4n) is 3.55. The Morgan fingerprint density at radius 2 is 1.89 bits per heavy atom. The molecule has 0 spiro atoms. The summed E-state index contributed by atoms with van der Waals surface area (Å²) < 4.78 is 0. The molecule has 6 heteroatoms. The van der Waals surface area contributed by atoms with Crippen molar-refractivity contribution < 1.29 is 4.79 Å². The van der Waals surface area contributed by atoms with E-state index in [1.807, 2.05) is 36.4 Å². The van der Waals surface area contributed by atoms with Crippen LogP contribution in [0.2, 0.25) is 0 Å². The zero-order valence-corrected chi connectivity index (χ0v) is 17.0. The van der Waals surface area contributed by atoms with Gasteiger partial charge in [0, 0.05) is 24.5 Å². The maximum Gasteiger partial charge on any atom is 0.234 e. The van der Waals surface area contributed by atoms with E-state index in [1.54, 1.807) is 11.8 Å². The molecule has 1 amide bonds. The standard InChI is InChI=1S/C22H26N4OS/c1-16(22-24-19-7-3-4-8-20(19)25-22)28-15-21(27)23-17-9-11-18(12-10-17)26-13-5-2-6-14-26/h3-4,7-12,16H,2,5-6,13-15H2,1H3,(H,23,27)(H,24,25)/t16-/m0/s1. The lowest BCUT2D eigenvalue weighted by molar-refractivity contribution is -0.113. The molecule has 146 valence electrons. The highest BCUT2D eigenvalue weighted by molar-refractivity contribution is 8.00. The molecule has 1 aliphatic heterocycles. The van der Waals surface area contributed by atoms with E-state index in [-0.39, 0.29) is 11.2 Å². The minimum atomic E-state index is 0.0127. The summed E-state index contributed by atoms with van der Waals surface area (Å²) in [5.41, 5.74) is 4.08. The molecule has 1 fully saturated rings. The molecule has 0 bridgehead atoms. The SMILES string of the molecule is C[C@H](SCC(=O)Nc1ccc(N2CCCCC2)cc1)c1nc2ccccc2[nH]1. The monoisotopic (exact) mass is 394 g/mol. The van der Waals surface area contributed by atoms with Crippen molar-refractivity contribution >= 4 is 40.1 Å². The summed E-state index contributed by atoms with van der Waals surface area (Å²) in [5, 5.41) is 3.12. The second-order valence-electron chi connectivity index (χ2n) is 7.24. The van der Waals surface area contributed by atoms with Crippen molar-refractivity contribution in [2.75, 3.05) is 29.1 Å². The Balaban J connectivity index is 1.29. The lowest BCUT2D eigenvalue weighted by atomic mass is 10.1. The van der Waals surface area contributed by atoms with Gasteiger partial charge in [0.25, 0.3) is 0 Å². The van der Waals surface area contributed by atoms with Crippen LogP contribution in [0.4, 0.5) is 11.4 Å². The van der Waals surface area contributed by atoms with E-state index >= 15 is 0 Å². The molecule has 0 unspecified atom stereocenters. The Bertz CT molecular complexity index is 898. The minimum absolute atomic E-state index is 0.0127. The number of H-pyrrole nitrogens is 1. The Labute approximate surface area is 169 Å². The van der Waals surface area contributed by atoms with Gasteiger partial charge in [-0.15, -0.1) is 11.8 Å². The maximum absolute atomic E-state index is 12.3. The number of rotatable bonds is 6. The van der Waals surface area contributed by atoms with Crippen molar-refractivity contribution in [2.45, 2.75) is 31.4 Å². The summed E-state index contributed by atoms with van der Waals surface area (Å²) >= 11 is 1.58. The number of carbonyl (C=O) groups is 1. The van der Waals surface area contributed by atoms with Crippen LogP contribution in [0.5, 0.6) is 0 Å². The van der Waals surface area contributed by atoms with Crippen LogP contribution in [0.1, 0.15) is 37.3 Å². The summed E-state index contributed by atoms with van der Waals surface area (Å²) in [6.45, 7) is 4.33. The number of aromatic nitrogens is 2. The van der Waals surface area contributed by atoms with Gasteiger partial charge in [0.05, 0.1) is 22.0 Å². The molecule has 1 saturated heterocycles. The molecule has 2 aromatic carbocycles. The highest BCUT2D eigenvalue weighted by Crippen LogP contribution is 2.28. The largest absolute Gasteiger partial charge is 0.372 e. The van der Waals surface area contributed by atoms with Crippen LogP contribution in [-0.2, 0) is 4.79 Å². The number of nitrogens with one attached hydrogen (secondary N) is 2. The molecule has 5 nitrogen and oxygen atoms in total. The molecule has 28 heavy (non-hydrogen) atoms. The van der Waals surface area contributed by atoms with E-state index in [1.165, 1.54) is 24.9 Å². The smallest absolute Gasteiger partial charge is 0.234 e. The van der Waals surface area contributed by atoms with Crippen LogP contribution >= 0.6 is 11.8 Å². The number of para-hydroxylation sites is 2. The predicted molar refractivity (Wildman–Crippen MR) is 118 cm³/mol. The number of aromatic amines is 1. The Morgan fingerprint density at radius 3 is 2.64 bits per heavy atom. The van der Waals surface area contributed by atoms with Gasteiger partial charge in [-0.2, -0.15) is 0 Å². The second-order valence-corrected chi connectivity index (χ2v) is 8.56. The highest BCUT2D eigenvalue weighted by atomic mass is 32.2. The molecule has 0 aliphatic carbocycles. The first kappa shape index (κ1) is 18.9. The molecule has 4 rings (SSSR count). The number of anilines is 2. The zero-order valence-electron chi connectivity index (χ0n) is 16.1.